The molecule has 8 heteroatoms. The van der Waals surface area contributed by atoms with E-state index in [-0.39, 0.29) is 11.6 Å². The van der Waals surface area contributed by atoms with Gasteiger partial charge in [-0.1, -0.05) is 6.07 Å². The minimum atomic E-state index is 0.0143. The van der Waals surface area contributed by atoms with Gasteiger partial charge in [-0.25, -0.2) is 4.98 Å². The molecule has 0 saturated carbocycles. The Morgan fingerprint density at radius 1 is 1.16 bits per heavy atom. The molecule has 6 nitrogen and oxygen atoms in total. The number of hydrogen-bond acceptors (Lipinski definition) is 8. The second-order valence-electron chi connectivity index (χ2n) is 8.35. The van der Waals surface area contributed by atoms with Gasteiger partial charge in [-0.15, -0.1) is 11.3 Å². The first-order valence-corrected chi connectivity index (χ1v) is 11.9. The summed E-state index contributed by atoms with van der Waals surface area (Å²) in [5, 5.41) is 4.15. The number of nitrogens with one attached hydrogen (secondary N) is 2. The predicted molar refractivity (Wildman–Crippen MR) is 138 cm³/mol. The summed E-state index contributed by atoms with van der Waals surface area (Å²) in [6.45, 7) is 10.5. The van der Waals surface area contributed by atoms with E-state index in [9.17, 15) is 4.79 Å². The molecule has 0 saturated heterocycles. The van der Waals surface area contributed by atoms with Crippen LogP contribution >= 0.6 is 23.3 Å². The standard InChI is InChI=1S/C20H24N4S2.C4H8O2/c1-20(2,3)24-26-17-11-14(21)7-10-16(17)18-12-23-19(25-18)13-5-8-15(22-4)9-6-13;1-4(2)6-3-5/h5-12,22,24H,21H2,1-4H3;3-4H,1-2H3. The molecule has 2 aromatic carbocycles. The summed E-state index contributed by atoms with van der Waals surface area (Å²) in [5.41, 5.74) is 10.2. The number of ether oxygens (including phenoxy) is 1. The van der Waals surface area contributed by atoms with Gasteiger partial charge in [-0.2, -0.15) is 0 Å². The zero-order valence-electron chi connectivity index (χ0n) is 19.4. The van der Waals surface area contributed by atoms with Crippen molar-refractivity contribution in [2.75, 3.05) is 18.1 Å². The molecular weight excluding hydrogens is 440 g/mol. The third-order valence-electron chi connectivity index (χ3n) is 3.99. The maximum atomic E-state index is 9.39. The van der Waals surface area contributed by atoms with E-state index < -0.39 is 0 Å². The van der Waals surface area contributed by atoms with Crippen molar-refractivity contribution in [1.82, 2.24) is 9.71 Å². The van der Waals surface area contributed by atoms with Crippen molar-refractivity contribution in [2.45, 2.75) is 51.2 Å². The van der Waals surface area contributed by atoms with Gasteiger partial charge in [0.2, 0.25) is 0 Å². The molecule has 3 aromatic rings. The highest BCUT2D eigenvalue weighted by atomic mass is 32.2. The normalized spacial score (nSPS) is 11.0. The summed E-state index contributed by atoms with van der Waals surface area (Å²) in [7, 11) is 1.92. The van der Waals surface area contributed by atoms with Gasteiger partial charge in [-0.3, -0.25) is 9.52 Å². The molecule has 0 spiro atoms. The van der Waals surface area contributed by atoms with Crippen LogP contribution in [0, 0.1) is 0 Å². The van der Waals surface area contributed by atoms with Gasteiger partial charge < -0.3 is 15.8 Å². The van der Waals surface area contributed by atoms with Crippen molar-refractivity contribution in [3.8, 4) is 21.0 Å². The second-order valence-corrected chi connectivity index (χ2v) is 10.2. The van der Waals surface area contributed by atoms with Gasteiger partial charge in [0.25, 0.3) is 6.47 Å². The lowest BCUT2D eigenvalue weighted by Gasteiger charge is -2.20. The molecule has 1 heterocycles. The number of nitrogen functional groups attached to an aromatic ring is 1. The van der Waals surface area contributed by atoms with Crippen molar-refractivity contribution >= 4 is 41.1 Å². The highest BCUT2D eigenvalue weighted by Gasteiger charge is 2.15. The Morgan fingerprint density at radius 3 is 2.38 bits per heavy atom. The number of rotatable bonds is 7. The molecule has 0 atom stereocenters. The molecule has 0 aliphatic carbocycles. The smallest absolute Gasteiger partial charge is 0.293 e. The molecule has 0 unspecified atom stereocenters. The van der Waals surface area contributed by atoms with Gasteiger partial charge >= 0.3 is 0 Å². The monoisotopic (exact) mass is 472 g/mol. The lowest BCUT2D eigenvalue weighted by molar-refractivity contribution is -0.131. The molecule has 172 valence electrons. The lowest BCUT2D eigenvalue weighted by Crippen LogP contribution is -2.29. The Labute approximate surface area is 199 Å². The minimum Gasteiger partial charge on any atom is -0.465 e. The summed E-state index contributed by atoms with van der Waals surface area (Å²) >= 11 is 3.31. The van der Waals surface area contributed by atoms with Crippen LogP contribution in [0.25, 0.3) is 21.0 Å². The molecule has 0 radical (unpaired) electrons. The predicted octanol–water partition coefficient (Wildman–Crippen LogP) is 6.06. The van der Waals surface area contributed by atoms with Gasteiger partial charge in [0.15, 0.2) is 0 Å². The van der Waals surface area contributed by atoms with Crippen LogP contribution in [0.15, 0.2) is 53.6 Å². The second kappa shape index (κ2) is 11.9. The number of hydrogen-bond donors (Lipinski definition) is 3. The number of anilines is 2. The van der Waals surface area contributed by atoms with Crippen LogP contribution in [0.3, 0.4) is 0 Å². The van der Waals surface area contributed by atoms with E-state index in [0.29, 0.717) is 6.47 Å². The first-order valence-electron chi connectivity index (χ1n) is 10.3. The fourth-order valence-electron chi connectivity index (χ4n) is 2.46. The van der Waals surface area contributed by atoms with Gasteiger partial charge in [0.05, 0.1) is 11.0 Å². The number of nitrogens with two attached hydrogens (primary N) is 1. The Morgan fingerprint density at radius 2 is 1.84 bits per heavy atom. The quantitative estimate of drug-likeness (QED) is 0.219. The van der Waals surface area contributed by atoms with Crippen molar-refractivity contribution in [3.05, 3.63) is 48.7 Å². The van der Waals surface area contributed by atoms with Crippen LogP contribution in [0.1, 0.15) is 34.6 Å². The van der Waals surface area contributed by atoms with E-state index in [4.69, 9.17) is 5.73 Å². The van der Waals surface area contributed by atoms with Gasteiger partial charge in [0, 0.05) is 46.2 Å². The maximum Gasteiger partial charge on any atom is 0.293 e. The van der Waals surface area contributed by atoms with Crippen LogP contribution in [0.4, 0.5) is 11.4 Å². The van der Waals surface area contributed by atoms with E-state index in [2.05, 4.69) is 70.9 Å². The van der Waals surface area contributed by atoms with Crippen LogP contribution in [0.5, 0.6) is 0 Å². The lowest BCUT2D eigenvalue weighted by atomic mass is 10.1. The highest BCUT2D eigenvalue weighted by Crippen LogP contribution is 2.38. The van der Waals surface area contributed by atoms with E-state index >= 15 is 0 Å². The average molecular weight is 473 g/mol. The number of benzene rings is 2. The Bertz CT molecular complexity index is 996. The van der Waals surface area contributed by atoms with Gasteiger partial charge in [-0.05, 0) is 83.0 Å². The molecule has 0 bridgehead atoms. The Hall–Kier alpha value is -2.55. The van der Waals surface area contributed by atoms with Crippen LogP contribution in [-0.2, 0) is 9.53 Å². The average Bonchev–Trinajstić information content (AvgIpc) is 3.22. The molecule has 32 heavy (non-hydrogen) atoms. The Balaban J connectivity index is 0.000000534. The van der Waals surface area contributed by atoms with Crippen LogP contribution in [0.2, 0.25) is 0 Å². The molecular formula is C24H32N4O2S2. The first-order chi connectivity index (χ1) is 15.1. The fourth-order valence-corrected chi connectivity index (χ4v) is 4.38. The van der Waals surface area contributed by atoms with E-state index in [1.165, 1.54) is 0 Å². The summed E-state index contributed by atoms with van der Waals surface area (Å²) < 4.78 is 7.83. The van der Waals surface area contributed by atoms with E-state index in [1.54, 1.807) is 37.1 Å². The summed E-state index contributed by atoms with van der Waals surface area (Å²) in [5.74, 6) is 0. The number of carbonyl (C=O) groups is 1. The highest BCUT2D eigenvalue weighted by molar-refractivity contribution is 7.97. The molecule has 0 aliphatic rings. The first kappa shape index (κ1) is 25.7. The zero-order valence-corrected chi connectivity index (χ0v) is 21.1. The topological polar surface area (TPSA) is 89.3 Å². The maximum absolute atomic E-state index is 9.39. The third kappa shape index (κ3) is 8.18. The van der Waals surface area contributed by atoms with Crippen molar-refractivity contribution in [1.29, 1.82) is 0 Å². The molecule has 0 fully saturated rings. The molecule has 0 amide bonds. The zero-order chi connectivity index (χ0) is 23.7. The Kier molecular flexibility index (Phi) is 9.56. The fraction of sp³-hybridized carbons (Fsp3) is 0.333. The van der Waals surface area contributed by atoms with Crippen LogP contribution in [-0.4, -0.2) is 30.1 Å². The number of carbonyl (C=O) groups excluding carboxylic acids is 1. The summed E-state index contributed by atoms with van der Waals surface area (Å²) in [6.07, 6.45) is 1.97. The van der Waals surface area contributed by atoms with Crippen molar-refractivity contribution in [3.63, 3.8) is 0 Å². The summed E-state index contributed by atoms with van der Waals surface area (Å²) in [4.78, 5) is 16.3. The van der Waals surface area contributed by atoms with Gasteiger partial charge in [0.1, 0.15) is 5.01 Å². The van der Waals surface area contributed by atoms with E-state index in [1.807, 2.05) is 25.4 Å². The largest absolute Gasteiger partial charge is 0.465 e. The van der Waals surface area contributed by atoms with Crippen molar-refractivity contribution in [2.24, 2.45) is 0 Å². The third-order valence-corrected chi connectivity index (χ3v) is 6.34. The molecule has 1 aromatic heterocycles. The van der Waals surface area contributed by atoms with Crippen molar-refractivity contribution < 1.29 is 9.53 Å². The molecule has 3 rings (SSSR count). The van der Waals surface area contributed by atoms with Crippen LogP contribution < -0.4 is 15.8 Å². The number of aromatic nitrogens is 1. The molecule has 4 N–H and O–H groups in total. The van der Waals surface area contributed by atoms with E-state index in [0.717, 1.165) is 37.3 Å². The number of thiazole rings is 1. The molecule has 0 aliphatic heterocycles. The minimum absolute atomic E-state index is 0.0143. The summed E-state index contributed by atoms with van der Waals surface area (Å²) in [6, 6.07) is 14.3. The number of nitrogens with zero attached hydrogens (tertiary/aromatic N) is 1. The SMILES string of the molecule is CC(C)OC=O.CNc1ccc(-c2ncc(-c3ccc(N)cc3SNC(C)(C)C)s2)cc1.